The van der Waals surface area contributed by atoms with Crippen molar-refractivity contribution in [2.75, 3.05) is 26.2 Å². The second-order valence-electron chi connectivity index (χ2n) is 6.72. The number of carbonyl (C=O) groups is 1. The van der Waals surface area contributed by atoms with Crippen LogP contribution in [-0.2, 0) is 4.79 Å². The fraction of sp³-hybridized carbons (Fsp3) is 0.933. The molecule has 9 heteroatoms. The van der Waals surface area contributed by atoms with Crippen molar-refractivity contribution in [1.29, 1.82) is 0 Å². The first-order valence-corrected chi connectivity index (χ1v) is 8.15. The lowest BCUT2D eigenvalue weighted by atomic mass is 9.83. The lowest BCUT2D eigenvalue weighted by Crippen LogP contribution is -2.38. The van der Waals surface area contributed by atoms with E-state index in [0.29, 0.717) is 32.5 Å². The molecule has 3 unspecified atom stereocenters. The fourth-order valence-corrected chi connectivity index (χ4v) is 3.53. The topological polar surface area (TPSA) is 58.4 Å². The highest BCUT2D eigenvalue weighted by molar-refractivity contribution is 5.85. The van der Waals surface area contributed by atoms with E-state index in [1.807, 2.05) is 0 Å². The molecule has 0 bridgehead atoms. The van der Waals surface area contributed by atoms with Crippen LogP contribution in [0.5, 0.6) is 0 Å². The number of nitrogens with one attached hydrogen (secondary N) is 1. The Morgan fingerprint density at radius 1 is 1.17 bits per heavy atom. The molecular weight excluding hydrogens is 366 g/mol. The predicted octanol–water partition coefficient (Wildman–Crippen LogP) is 2.74. The van der Waals surface area contributed by atoms with Gasteiger partial charge in [0.1, 0.15) is 0 Å². The number of amides is 1. The van der Waals surface area contributed by atoms with Gasteiger partial charge in [0.15, 0.2) is 0 Å². The third kappa shape index (κ3) is 8.23. The van der Waals surface area contributed by atoms with Gasteiger partial charge in [-0.3, -0.25) is 9.69 Å². The van der Waals surface area contributed by atoms with Crippen molar-refractivity contribution < 1.29 is 18.0 Å². The lowest BCUT2D eigenvalue weighted by molar-refractivity contribution is -0.143. The molecule has 144 valence electrons. The number of hydrogen-bond acceptors (Lipinski definition) is 3. The minimum Gasteiger partial charge on any atom is -0.356 e. The van der Waals surface area contributed by atoms with Crippen molar-refractivity contribution in [3.05, 3.63) is 0 Å². The fourth-order valence-electron chi connectivity index (χ4n) is 3.53. The van der Waals surface area contributed by atoms with Crippen LogP contribution < -0.4 is 11.1 Å². The van der Waals surface area contributed by atoms with Crippen molar-refractivity contribution >= 4 is 30.7 Å². The molecule has 1 aliphatic heterocycles. The summed E-state index contributed by atoms with van der Waals surface area (Å²) in [5, 5.41) is 2.87. The first-order chi connectivity index (χ1) is 10.3. The molecule has 0 aromatic heterocycles. The quantitative estimate of drug-likeness (QED) is 0.754. The van der Waals surface area contributed by atoms with E-state index in [1.165, 1.54) is 4.90 Å². The maximum atomic E-state index is 12.3. The molecule has 3 atom stereocenters. The SMILES string of the molecule is Cl.Cl.NC1CCCCC1CC(=O)NCC1CCN(CC(F)(F)F)C1. The second kappa shape index (κ2) is 10.7. The second-order valence-corrected chi connectivity index (χ2v) is 6.72. The van der Waals surface area contributed by atoms with Crippen molar-refractivity contribution in [2.24, 2.45) is 17.6 Å². The summed E-state index contributed by atoms with van der Waals surface area (Å²) in [5.74, 6) is 0.349. The molecule has 0 aromatic rings. The predicted molar refractivity (Wildman–Crippen MR) is 92.7 cm³/mol. The number of halogens is 5. The first-order valence-electron chi connectivity index (χ1n) is 8.15. The van der Waals surface area contributed by atoms with Crippen LogP contribution in [0.1, 0.15) is 38.5 Å². The Morgan fingerprint density at radius 2 is 1.83 bits per heavy atom. The maximum absolute atomic E-state index is 12.3. The van der Waals surface area contributed by atoms with Gasteiger partial charge in [0, 0.05) is 25.6 Å². The Kier molecular flexibility index (Phi) is 10.6. The Labute approximate surface area is 153 Å². The number of alkyl halides is 3. The Hall–Kier alpha value is -0.240. The molecule has 3 N–H and O–H groups in total. The molecule has 1 saturated heterocycles. The number of rotatable bonds is 5. The van der Waals surface area contributed by atoms with Gasteiger partial charge in [0.2, 0.25) is 5.91 Å². The van der Waals surface area contributed by atoms with Crippen LogP contribution in [0.2, 0.25) is 0 Å². The van der Waals surface area contributed by atoms with Gasteiger partial charge in [-0.25, -0.2) is 0 Å². The monoisotopic (exact) mass is 393 g/mol. The molecule has 2 fully saturated rings. The minimum absolute atomic E-state index is 0. The van der Waals surface area contributed by atoms with Gasteiger partial charge in [-0.1, -0.05) is 12.8 Å². The van der Waals surface area contributed by atoms with Crippen LogP contribution in [0.15, 0.2) is 0 Å². The van der Waals surface area contributed by atoms with Crippen LogP contribution in [0.4, 0.5) is 13.2 Å². The highest BCUT2D eigenvalue weighted by atomic mass is 35.5. The van der Waals surface area contributed by atoms with E-state index in [9.17, 15) is 18.0 Å². The lowest BCUT2D eigenvalue weighted by Gasteiger charge is -2.28. The van der Waals surface area contributed by atoms with E-state index in [2.05, 4.69) is 5.32 Å². The molecule has 1 amide bonds. The zero-order valence-electron chi connectivity index (χ0n) is 13.7. The van der Waals surface area contributed by atoms with Crippen molar-refractivity contribution in [3.8, 4) is 0 Å². The molecule has 1 saturated carbocycles. The van der Waals surface area contributed by atoms with E-state index in [0.717, 1.165) is 25.7 Å². The van der Waals surface area contributed by atoms with Gasteiger partial charge >= 0.3 is 6.18 Å². The summed E-state index contributed by atoms with van der Waals surface area (Å²) in [5.41, 5.74) is 6.03. The van der Waals surface area contributed by atoms with Crippen LogP contribution in [-0.4, -0.2) is 49.2 Å². The van der Waals surface area contributed by atoms with Gasteiger partial charge < -0.3 is 11.1 Å². The zero-order valence-corrected chi connectivity index (χ0v) is 15.3. The summed E-state index contributed by atoms with van der Waals surface area (Å²) in [6.07, 6.45) is 1.25. The Balaban J connectivity index is 0.00000264. The summed E-state index contributed by atoms with van der Waals surface area (Å²) in [6.45, 7) is 0.472. The Bertz CT molecular complexity index is 385. The number of nitrogens with two attached hydrogens (primary N) is 1. The number of nitrogens with zero attached hydrogens (tertiary/aromatic N) is 1. The van der Waals surface area contributed by atoms with Gasteiger partial charge in [-0.15, -0.1) is 24.8 Å². The molecule has 4 nitrogen and oxygen atoms in total. The van der Waals surface area contributed by atoms with E-state index in [-0.39, 0.29) is 48.6 Å². The zero-order chi connectivity index (χ0) is 16.2. The Morgan fingerprint density at radius 3 is 2.46 bits per heavy atom. The number of hydrogen-bond donors (Lipinski definition) is 2. The summed E-state index contributed by atoms with van der Waals surface area (Å²) in [6, 6.07) is 0.105. The van der Waals surface area contributed by atoms with Crippen molar-refractivity contribution in [1.82, 2.24) is 10.2 Å². The summed E-state index contributed by atoms with van der Waals surface area (Å²) in [4.78, 5) is 13.4. The van der Waals surface area contributed by atoms with Crippen molar-refractivity contribution in [2.45, 2.75) is 50.7 Å². The van der Waals surface area contributed by atoms with E-state index >= 15 is 0 Å². The van der Waals surface area contributed by atoms with Crippen LogP contribution >= 0.6 is 24.8 Å². The summed E-state index contributed by atoms with van der Waals surface area (Å²) in [7, 11) is 0. The molecule has 2 rings (SSSR count). The third-order valence-electron chi connectivity index (χ3n) is 4.78. The summed E-state index contributed by atoms with van der Waals surface area (Å²) >= 11 is 0. The van der Waals surface area contributed by atoms with E-state index in [1.54, 1.807) is 0 Å². The average molecular weight is 394 g/mol. The molecule has 0 spiro atoms. The molecule has 24 heavy (non-hydrogen) atoms. The van der Waals surface area contributed by atoms with Gasteiger partial charge in [-0.2, -0.15) is 13.2 Å². The molecule has 2 aliphatic rings. The van der Waals surface area contributed by atoms with E-state index < -0.39 is 12.7 Å². The standard InChI is InChI=1S/C15H26F3N3O.2ClH/c16-15(17,18)10-21-6-5-11(9-21)8-20-14(22)7-12-3-1-2-4-13(12)19;;/h11-13H,1-10,19H2,(H,20,22);2*1H. The van der Waals surface area contributed by atoms with Gasteiger partial charge in [0.25, 0.3) is 0 Å². The molecule has 0 aromatic carbocycles. The number of carbonyl (C=O) groups excluding carboxylic acids is 1. The molecule has 1 aliphatic carbocycles. The maximum Gasteiger partial charge on any atom is 0.401 e. The van der Waals surface area contributed by atoms with Crippen LogP contribution in [0, 0.1) is 11.8 Å². The third-order valence-corrected chi connectivity index (χ3v) is 4.78. The molecule has 0 radical (unpaired) electrons. The van der Waals surface area contributed by atoms with Crippen molar-refractivity contribution in [3.63, 3.8) is 0 Å². The smallest absolute Gasteiger partial charge is 0.356 e. The van der Waals surface area contributed by atoms with Gasteiger partial charge in [-0.05, 0) is 37.6 Å². The summed E-state index contributed by atoms with van der Waals surface area (Å²) < 4.78 is 37.0. The molecule has 1 heterocycles. The van der Waals surface area contributed by atoms with Crippen LogP contribution in [0.3, 0.4) is 0 Å². The van der Waals surface area contributed by atoms with Gasteiger partial charge in [0.05, 0.1) is 6.54 Å². The molecular formula is C15H28Cl2F3N3O. The first kappa shape index (κ1) is 23.8. The highest BCUT2D eigenvalue weighted by Gasteiger charge is 2.34. The van der Waals surface area contributed by atoms with E-state index in [4.69, 9.17) is 5.73 Å². The number of likely N-dealkylation sites (tertiary alicyclic amines) is 1. The highest BCUT2D eigenvalue weighted by Crippen LogP contribution is 2.26. The largest absolute Gasteiger partial charge is 0.401 e. The average Bonchev–Trinajstić information content (AvgIpc) is 2.84. The normalized spacial score (nSPS) is 27.9. The van der Waals surface area contributed by atoms with Crippen LogP contribution in [0.25, 0.3) is 0 Å². The minimum atomic E-state index is -4.14.